The summed E-state index contributed by atoms with van der Waals surface area (Å²) in [6.07, 6.45) is 0. The number of hydrogen-bond acceptors (Lipinski definition) is 3. The quantitative estimate of drug-likeness (QED) is 0.517. The summed E-state index contributed by atoms with van der Waals surface area (Å²) < 4.78 is 6.18. The largest absolute Gasteiger partial charge is 0.497 e. The number of halogens is 1. The highest BCUT2D eigenvalue weighted by atomic mass is 79.9. The fraction of sp³-hybridized carbons (Fsp3) is 0.200. The molecule has 5 nitrogen and oxygen atoms in total. The molecule has 1 aliphatic rings. The number of carbonyl (C=O) groups excluding carboxylic acids is 2. The second-order valence-corrected chi connectivity index (χ2v) is 8.50. The molecule has 1 aliphatic heterocycles. The summed E-state index contributed by atoms with van der Waals surface area (Å²) in [5.74, 6) is 0.426. The van der Waals surface area contributed by atoms with Crippen molar-refractivity contribution in [2.45, 2.75) is 19.9 Å². The number of ether oxygens (including phenoxy) is 1. The second-order valence-electron chi connectivity index (χ2n) is 7.58. The minimum Gasteiger partial charge on any atom is -0.497 e. The summed E-state index contributed by atoms with van der Waals surface area (Å²) in [5, 5.41) is 0. The summed E-state index contributed by atoms with van der Waals surface area (Å²) in [6.45, 7) is 3.92. The van der Waals surface area contributed by atoms with E-state index in [1.807, 2.05) is 80.6 Å². The summed E-state index contributed by atoms with van der Waals surface area (Å²) in [5.41, 5.74) is 4.15. The molecule has 0 aliphatic carbocycles. The minimum absolute atomic E-state index is 0.00670. The first-order valence-electron chi connectivity index (χ1n) is 10.00. The van der Waals surface area contributed by atoms with Crippen LogP contribution in [-0.4, -0.2) is 25.5 Å². The molecule has 3 aromatic carbocycles. The topological polar surface area (TPSA) is 49.9 Å². The Kier molecular flexibility index (Phi) is 5.83. The third-order valence-electron chi connectivity index (χ3n) is 5.57. The molecule has 0 unspecified atom stereocenters. The smallest absolute Gasteiger partial charge is 0.255 e. The van der Waals surface area contributed by atoms with Crippen LogP contribution in [0.4, 0.5) is 11.4 Å². The predicted octanol–water partition coefficient (Wildman–Crippen LogP) is 5.20. The van der Waals surface area contributed by atoms with E-state index in [2.05, 4.69) is 15.9 Å². The van der Waals surface area contributed by atoms with Gasteiger partial charge < -0.3 is 9.64 Å². The summed E-state index contributed by atoms with van der Waals surface area (Å²) in [4.78, 5) is 30.5. The van der Waals surface area contributed by atoms with Crippen LogP contribution in [0.15, 0.2) is 71.2 Å². The molecule has 31 heavy (non-hydrogen) atoms. The van der Waals surface area contributed by atoms with Crippen LogP contribution in [0, 0.1) is 13.8 Å². The normalized spacial score (nSPS) is 16.6. The third-order valence-corrected chi connectivity index (χ3v) is 6.09. The van der Waals surface area contributed by atoms with E-state index in [0.29, 0.717) is 11.4 Å². The van der Waals surface area contributed by atoms with Crippen molar-refractivity contribution < 1.29 is 14.3 Å². The van der Waals surface area contributed by atoms with Crippen molar-refractivity contribution >= 4 is 39.1 Å². The monoisotopic (exact) mass is 478 g/mol. The van der Waals surface area contributed by atoms with Crippen LogP contribution in [0.1, 0.15) is 22.7 Å². The Labute approximate surface area is 190 Å². The lowest BCUT2D eigenvalue weighted by molar-refractivity contribution is -0.128. The van der Waals surface area contributed by atoms with Gasteiger partial charge >= 0.3 is 0 Å². The van der Waals surface area contributed by atoms with E-state index in [4.69, 9.17) is 4.74 Å². The van der Waals surface area contributed by atoms with Crippen molar-refractivity contribution in [2.24, 2.45) is 0 Å². The molecule has 4 rings (SSSR count). The van der Waals surface area contributed by atoms with Crippen LogP contribution in [0.3, 0.4) is 0 Å². The van der Waals surface area contributed by atoms with E-state index < -0.39 is 6.04 Å². The van der Waals surface area contributed by atoms with E-state index in [-0.39, 0.29) is 18.4 Å². The maximum Gasteiger partial charge on any atom is 0.255 e. The van der Waals surface area contributed by atoms with Gasteiger partial charge in [0.25, 0.3) is 5.91 Å². The zero-order valence-electron chi connectivity index (χ0n) is 17.6. The summed E-state index contributed by atoms with van der Waals surface area (Å²) in [7, 11) is 1.60. The molecule has 0 bridgehead atoms. The lowest BCUT2D eigenvalue weighted by atomic mass is 9.97. The van der Waals surface area contributed by atoms with E-state index in [1.165, 1.54) is 0 Å². The molecular weight excluding hydrogens is 456 g/mol. The molecule has 1 saturated heterocycles. The molecule has 0 aromatic heterocycles. The first-order valence-corrected chi connectivity index (χ1v) is 10.8. The Morgan fingerprint density at radius 2 is 1.52 bits per heavy atom. The number of hydrogen-bond donors (Lipinski definition) is 0. The summed E-state index contributed by atoms with van der Waals surface area (Å²) in [6, 6.07) is 19.9. The van der Waals surface area contributed by atoms with Gasteiger partial charge in [-0.3, -0.25) is 14.5 Å². The van der Waals surface area contributed by atoms with E-state index in [9.17, 15) is 9.59 Å². The average molecular weight is 479 g/mol. The maximum absolute atomic E-state index is 13.9. The van der Waals surface area contributed by atoms with E-state index in [1.54, 1.807) is 16.9 Å². The van der Waals surface area contributed by atoms with Crippen LogP contribution in [-0.2, 0) is 9.59 Å². The van der Waals surface area contributed by atoms with Gasteiger partial charge in [0.05, 0.1) is 12.8 Å². The van der Waals surface area contributed by atoms with E-state index in [0.717, 1.165) is 26.9 Å². The van der Waals surface area contributed by atoms with Gasteiger partial charge in [-0.25, -0.2) is 0 Å². The number of aryl methyl sites for hydroxylation is 2. The number of anilines is 2. The van der Waals surface area contributed by atoms with Gasteiger partial charge in [-0.1, -0.05) is 46.3 Å². The molecule has 6 heteroatoms. The molecule has 0 radical (unpaired) electrons. The van der Waals surface area contributed by atoms with Crippen LogP contribution >= 0.6 is 15.9 Å². The van der Waals surface area contributed by atoms with Crippen molar-refractivity contribution in [1.82, 2.24) is 0 Å². The fourth-order valence-corrected chi connectivity index (χ4v) is 4.35. The molecule has 0 spiro atoms. The molecule has 0 saturated carbocycles. The van der Waals surface area contributed by atoms with Gasteiger partial charge in [-0.15, -0.1) is 0 Å². The fourth-order valence-electron chi connectivity index (χ4n) is 4.08. The molecule has 0 N–H and O–H groups in total. The van der Waals surface area contributed by atoms with Gasteiger partial charge in [0.2, 0.25) is 5.91 Å². The minimum atomic E-state index is -0.771. The highest BCUT2D eigenvalue weighted by molar-refractivity contribution is 9.10. The molecule has 1 fully saturated rings. The van der Waals surface area contributed by atoms with Gasteiger partial charge in [-0.05, 0) is 66.9 Å². The van der Waals surface area contributed by atoms with Crippen molar-refractivity contribution in [2.75, 3.05) is 23.5 Å². The van der Waals surface area contributed by atoms with Crippen LogP contribution in [0.5, 0.6) is 5.75 Å². The van der Waals surface area contributed by atoms with Gasteiger partial charge in [0.15, 0.2) is 0 Å². The van der Waals surface area contributed by atoms with E-state index >= 15 is 0 Å². The Morgan fingerprint density at radius 3 is 2.10 bits per heavy atom. The zero-order chi connectivity index (χ0) is 22.1. The second kappa shape index (κ2) is 8.55. The van der Waals surface area contributed by atoms with Crippen molar-refractivity contribution in [3.63, 3.8) is 0 Å². The lowest BCUT2D eigenvalue weighted by Gasteiger charge is -2.41. The molecule has 1 atom stereocenters. The highest BCUT2D eigenvalue weighted by Crippen LogP contribution is 2.37. The number of rotatable bonds is 4. The van der Waals surface area contributed by atoms with Crippen LogP contribution < -0.4 is 14.5 Å². The zero-order valence-corrected chi connectivity index (χ0v) is 19.2. The molecule has 3 aromatic rings. The Bertz CT molecular complexity index is 1110. The number of carbonyl (C=O) groups is 2. The number of amides is 2. The number of piperazine rings is 1. The number of nitrogens with zero attached hydrogens (tertiary/aromatic N) is 2. The Hall–Kier alpha value is -3.12. The van der Waals surface area contributed by atoms with Crippen molar-refractivity contribution in [1.29, 1.82) is 0 Å². The van der Waals surface area contributed by atoms with Gasteiger partial charge in [0.1, 0.15) is 18.3 Å². The molecule has 158 valence electrons. The van der Waals surface area contributed by atoms with Gasteiger partial charge in [-0.2, -0.15) is 0 Å². The summed E-state index contributed by atoms with van der Waals surface area (Å²) >= 11 is 3.44. The molecule has 1 heterocycles. The standard InChI is InChI=1S/C25H23BrN2O3/c1-16-5-4-6-17(2)23(16)27-15-22(29)28(20-11-9-19(26)10-12-20)24(25(27)30)18-7-13-21(31-3)14-8-18/h4-14,24H,15H2,1-3H3/t24-/m0/s1. The van der Waals surface area contributed by atoms with Gasteiger partial charge in [0, 0.05) is 10.2 Å². The average Bonchev–Trinajstić information content (AvgIpc) is 2.76. The Morgan fingerprint density at radius 1 is 0.903 bits per heavy atom. The lowest BCUT2D eigenvalue weighted by Crippen LogP contribution is -2.56. The maximum atomic E-state index is 13.9. The Balaban J connectivity index is 1.84. The van der Waals surface area contributed by atoms with Crippen LogP contribution in [0.25, 0.3) is 0 Å². The number of benzene rings is 3. The van der Waals surface area contributed by atoms with Crippen molar-refractivity contribution in [3.8, 4) is 5.75 Å². The predicted molar refractivity (Wildman–Crippen MR) is 126 cm³/mol. The third kappa shape index (κ3) is 3.95. The first-order chi connectivity index (χ1) is 14.9. The van der Waals surface area contributed by atoms with Crippen molar-refractivity contribution in [3.05, 3.63) is 87.9 Å². The molecular formula is C25H23BrN2O3. The number of para-hydroxylation sites is 1. The number of methoxy groups -OCH3 is 1. The highest BCUT2D eigenvalue weighted by Gasteiger charge is 2.42. The molecule has 2 amide bonds. The SMILES string of the molecule is COc1ccc([C@H]2C(=O)N(c3c(C)cccc3C)CC(=O)N2c2ccc(Br)cc2)cc1. The first kappa shape index (κ1) is 21.1. The van der Waals surface area contributed by atoms with Crippen LogP contribution in [0.2, 0.25) is 0 Å².